The van der Waals surface area contributed by atoms with Gasteiger partial charge in [0.05, 0.1) is 17.8 Å². The van der Waals surface area contributed by atoms with Gasteiger partial charge in [0.25, 0.3) is 0 Å². The first kappa shape index (κ1) is 17.7. The highest BCUT2D eigenvalue weighted by Gasteiger charge is 2.08. The summed E-state index contributed by atoms with van der Waals surface area (Å²) in [6, 6.07) is 8.82. The molecule has 1 amide bonds. The smallest absolute Gasteiger partial charge is 0.356 e. The van der Waals surface area contributed by atoms with Gasteiger partial charge in [-0.2, -0.15) is 10.2 Å². The molecule has 0 aliphatic carbocycles. The molecule has 0 bridgehead atoms. The summed E-state index contributed by atoms with van der Waals surface area (Å²) in [5.74, 6) is -1.27. The van der Waals surface area contributed by atoms with Crippen molar-refractivity contribution in [3.05, 3.63) is 65.2 Å². The Morgan fingerprint density at radius 3 is 2.54 bits per heavy atom. The Morgan fingerprint density at radius 1 is 1.15 bits per heavy atom. The summed E-state index contributed by atoms with van der Waals surface area (Å²) >= 11 is 5.83. The summed E-state index contributed by atoms with van der Waals surface area (Å²) in [6.07, 6.45) is 5.04. The molecule has 0 saturated carbocycles. The SMILES string of the molecule is O=C(CCn1ccc(C(=O)O)n1)Nc1ccc(Cn2cc(Cl)cn2)cc1. The van der Waals surface area contributed by atoms with Crippen molar-refractivity contribution in [2.45, 2.75) is 19.5 Å². The summed E-state index contributed by atoms with van der Waals surface area (Å²) in [4.78, 5) is 22.8. The van der Waals surface area contributed by atoms with Crippen molar-refractivity contribution < 1.29 is 14.7 Å². The number of benzene rings is 1. The van der Waals surface area contributed by atoms with E-state index in [1.165, 1.54) is 16.9 Å². The van der Waals surface area contributed by atoms with Gasteiger partial charge < -0.3 is 10.4 Å². The Labute approximate surface area is 154 Å². The zero-order valence-corrected chi connectivity index (χ0v) is 14.4. The van der Waals surface area contributed by atoms with Gasteiger partial charge in [0, 0.05) is 31.0 Å². The number of amides is 1. The molecule has 0 unspecified atom stereocenters. The molecule has 0 radical (unpaired) electrons. The molecule has 2 heterocycles. The number of hydrogen-bond donors (Lipinski definition) is 2. The number of nitrogens with zero attached hydrogens (tertiary/aromatic N) is 4. The maximum Gasteiger partial charge on any atom is 0.356 e. The molecule has 2 aromatic heterocycles. The highest BCUT2D eigenvalue weighted by Crippen LogP contribution is 2.12. The normalized spacial score (nSPS) is 10.7. The van der Waals surface area contributed by atoms with Crippen LogP contribution in [0, 0.1) is 0 Å². The van der Waals surface area contributed by atoms with Crippen molar-refractivity contribution in [2.75, 3.05) is 5.32 Å². The molecule has 2 N–H and O–H groups in total. The molecule has 0 aliphatic heterocycles. The molecule has 3 rings (SSSR count). The van der Waals surface area contributed by atoms with Crippen LogP contribution in [-0.2, 0) is 17.9 Å². The number of carbonyl (C=O) groups excluding carboxylic acids is 1. The summed E-state index contributed by atoms with van der Waals surface area (Å²) in [6.45, 7) is 0.892. The second-order valence-electron chi connectivity index (χ2n) is 5.62. The number of nitrogens with one attached hydrogen (secondary N) is 1. The Kier molecular flexibility index (Phi) is 5.33. The maximum absolute atomic E-state index is 12.0. The number of anilines is 1. The van der Waals surface area contributed by atoms with E-state index in [2.05, 4.69) is 15.5 Å². The Balaban J connectivity index is 1.49. The number of carbonyl (C=O) groups is 2. The van der Waals surface area contributed by atoms with E-state index in [1.54, 1.807) is 17.1 Å². The average molecular weight is 374 g/mol. The van der Waals surface area contributed by atoms with Crippen LogP contribution in [0.3, 0.4) is 0 Å². The van der Waals surface area contributed by atoms with Gasteiger partial charge in [-0.05, 0) is 23.8 Å². The minimum absolute atomic E-state index is 0.0422. The fourth-order valence-corrected chi connectivity index (χ4v) is 2.50. The van der Waals surface area contributed by atoms with Gasteiger partial charge in [0.15, 0.2) is 5.69 Å². The molecule has 0 saturated heterocycles. The standard InChI is InChI=1S/C17H16ClN5O3/c18-13-9-19-23(11-13)10-12-1-3-14(4-2-12)20-16(24)6-8-22-7-5-15(21-22)17(25)26/h1-5,7,9,11H,6,8,10H2,(H,20,24)(H,25,26). The van der Waals surface area contributed by atoms with Crippen molar-refractivity contribution in [1.82, 2.24) is 19.6 Å². The van der Waals surface area contributed by atoms with Crippen LogP contribution >= 0.6 is 11.6 Å². The van der Waals surface area contributed by atoms with Crippen LogP contribution < -0.4 is 5.32 Å². The summed E-state index contributed by atoms with van der Waals surface area (Å²) < 4.78 is 3.16. The van der Waals surface area contributed by atoms with Crippen LogP contribution in [0.5, 0.6) is 0 Å². The van der Waals surface area contributed by atoms with E-state index in [-0.39, 0.29) is 18.0 Å². The lowest BCUT2D eigenvalue weighted by Gasteiger charge is -2.07. The predicted molar refractivity (Wildman–Crippen MR) is 95.2 cm³/mol. The molecule has 134 valence electrons. The Morgan fingerprint density at radius 2 is 1.92 bits per heavy atom. The van der Waals surface area contributed by atoms with Crippen LogP contribution in [0.1, 0.15) is 22.5 Å². The zero-order valence-electron chi connectivity index (χ0n) is 13.7. The predicted octanol–water partition coefficient (Wildman–Crippen LogP) is 2.51. The number of halogens is 1. The lowest BCUT2D eigenvalue weighted by molar-refractivity contribution is -0.116. The summed E-state index contributed by atoms with van der Waals surface area (Å²) in [5, 5.41) is 20.2. The first-order valence-corrected chi connectivity index (χ1v) is 8.21. The molecule has 0 aliphatic rings. The van der Waals surface area contributed by atoms with Gasteiger partial charge in [0.1, 0.15) is 0 Å². The van der Waals surface area contributed by atoms with Crippen molar-refractivity contribution >= 4 is 29.2 Å². The van der Waals surface area contributed by atoms with Gasteiger partial charge in [-0.15, -0.1) is 0 Å². The van der Waals surface area contributed by atoms with Crippen molar-refractivity contribution in [2.24, 2.45) is 0 Å². The number of aryl methyl sites for hydroxylation is 1. The largest absolute Gasteiger partial charge is 0.476 e. The topological polar surface area (TPSA) is 102 Å². The van der Waals surface area contributed by atoms with Crippen LogP contribution in [0.4, 0.5) is 5.69 Å². The molecule has 0 fully saturated rings. The fourth-order valence-electron chi connectivity index (χ4n) is 2.35. The second-order valence-corrected chi connectivity index (χ2v) is 6.06. The number of carboxylic acid groups (broad SMARTS) is 1. The Hall–Kier alpha value is -3.13. The van der Waals surface area contributed by atoms with Gasteiger partial charge in [0.2, 0.25) is 5.91 Å². The minimum atomic E-state index is -1.09. The number of hydrogen-bond acceptors (Lipinski definition) is 4. The number of aromatic nitrogens is 4. The molecular weight excluding hydrogens is 358 g/mol. The molecule has 3 aromatic rings. The average Bonchev–Trinajstić information content (AvgIpc) is 3.24. The van der Waals surface area contributed by atoms with Crippen molar-refractivity contribution in [1.29, 1.82) is 0 Å². The van der Waals surface area contributed by atoms with Crippen LogP contribution in [0.2, 0.25) is 5.02 Å². The summed E-state index contributed by atoms with van der Waals surface area (Å²) in [5.41, 5.74) is 1.67. The highest BCUT2D eigenvalue weighted by molar-refractivity contribution is 6.30. The maximum atomic E-state index is 12.0. The third-order valence-corrected chi connectivity index (χ3v) is 3.81. The van der Waals surface area contributed by atoms with Crippen LogP contribution in [-0.4, -0.2) is 36.5 Å². The van der Waals surface area contributed by atoms with Gasteiger partial charge in [-0.1, -0.05) is 23.7 Å². The summed E-state index contributed by atoms with van der Waals surface area (Å²) in [7, 11) is 0. The molecule has 9 heteroatoms. The number of carboxylic acids is 1. The van der Waals surface area contributed by atoms with E-state index in [0.29, 0.717) is 23.8 Å². The van der Waals surface area contributed by atoms with Crippen molar-refractivity contribution in [3.63, 3.8) is 0 Å². The molecule has 1 aromatic carbocycles. The molecular formula is C17H16ClN5O3. The second kappa shape index (κ2) is 7.83. The first-order valence-electron chi connectivity index (χ1n) is 7.83. The van der Waals surface area contributed by atoms with Gasteiger partial charge in [-0.25, -0.2) is 4.79 Å². The van der Waals surface area contributed by atoms with E-state index in [9.17, 15) is 9.59 Å². The van der Waals surface area contributed by atoms with E-state index < -0.39 is 5.97 Å². The van der Waals surface area contributed by atoms with E-state index >= 15 is 0 Å². The number of rotatable bonds is 7. The third kappa shape index (κ3) is 4.70. The highest BCUT2D eigenvalue weighted by atomic mass is 35.5. The van der Waals surface area contributed by atoms with E-state index in [1.807, 2.05) is 24.3 Å². The van der Waals surface area contributed by atoms with Crippen LogP contribution in [0.15, 0.2) is 48.9 Å². The van der Waals surface area contributed by atoms with Gasteiger partial charge in [-0.3, -0.25) is 14.2 Å². The number of aromatic carboxylic acids is 1. The lowest BCUT2D eigenvalue weighted by atomic mass is 10.2. The molecule has 26 heavy (non-hydrogen) atoms. The molecule has 8 nitrogen and oxygen atoms in total. The van der Waals surface area contributed by atoms with Gasteiger partial charge >= 0.3 is 5.97 Å². The zero-order chi connectivity index (χ0) is 18.5. The quantitative estimate of drug-likeness (QED) is 0.662. The molecule has 0 spiro atoms. The monoisotopic (exact) mass is 373 g/mol. The first-order chi connectivity index (χ1) is 12.5. The van der Waals surface area contributed by atoms with Crippen molar-refractivity contribution in [3.8, 4) is 0 Å². The molecule has 0 atom stereocenters. The van der Waals surface area contributed by atoms with E-state index in [0.717, 1.165) is 5.56 Å². The third-order valence-electron chi connectivity index (χ3n) is 3.61. The van der Waals surface area contributed by atoms with Crippen LogP contribution in [0.25, 0.3) is 0 Å². The van der Waals surface area contributed by atoms with E-state index in [4.69, 9.17) is 16.7 Å². The Bertz CT molecular complexity index is 917. The lowest BCUT2D eigenvalue weighted by Crippen LogP contribution is -2.15. The minimum Gasteiger partial charge on any atom is -0.476 e. The fraction of sp³-hybridized carbons (Fsp3) is 0.176.